The summed E-state index contributed by atoms with van der Waals surface area (Å²) in [4.78, 5) is 12.0. The first-order chi connectivity index (χ1) is 12.4. The van der Waals surface area contributed by atoms with Gasteiger partial charge in [0.05, 0.1) is 4.90 Å². The van der Waals surface area contributed by atoms with Gasteiger partial charge in [-0.15, -0.1) is 0 Å². The average Bonchev–Trinajstić information content (AvgIpc) is 2.63. The lowest BCUT2D eigenvalue weighted by atomic mass is 10.2. The summed E-state index contributed by atoms with van der Waals surface area (Å²) in [6, 6.07) is 10.6. The largest absolute Gasteiger partial charge is 0.351 e. The molecule has 0 heterocycles. The fraction of sp³-hybridized carbons (Fsp3) is 0.278. The van der Waals surface area contributed by atoms with Crippen LogP contribution in [0.2, 0.25) is 0 Å². The van der Waals surface area contributed by atoms with Gasteiger partial charge >= 0.3 is 0 Å². The summed E-state index contributed by atoms with van der Waals surface area (Å²) in [5.74, 6) is -0.716. The standard InChI is InChI=1S/C18H22FN3O3S/c1-2-11-20-12-13-21-18(23)14-3-9-17(10-4-14)26(24,25)22-16-7-5-15(19)6-8-16/h3-10,20,22H,2,11-13H2,1H3,(H,21,23). The minimum absolute atomic E-state index is 0.0167. The maximum absolute atomic E-state index is 12.9. The van der Waals surface area contributed by atoms with E-state index in [0.29, 0.717) is 18.7 Å². The monoisotopic (exact) mass is 379 g/mol. The molecule has 2 aromatic carbocycles. The molecule has 0 atom stereocenters. The summed E-state index contributed by atoms with van der Waals surface area (Å²) in [6.45, 7) is 4.12. The molecule has 1 amide bonds. The van der Waals surface area contributed by atoms with Gasteiger partial charge < -0.3 is 10.6 Å². The van der Waals surface area contributed by atoms with Gasteiger partial charge in [-0.05, 0) is 61.5 Å². The second kappa shape index (κ2) is 9.30. The van der Waals surface area contributed by atoms with Gasteiger partial charge in [0.15, 0.2) is 0 Å². The molecule has 2 aromatic rings. The van der Waals surface area contributed by atoms with Crippen molar-refractivity contribution in [1.29, 1.82) is 0 Å². The predicted octanol–water partition coefficient (Wildman–Crippen LogP) is 2.36. The molecule has 2 rings (SSSR count). The van der Waals surface area contributed by atoms with E-state index < -0.39 is 15.8 Å². The van der Waals surface area contributed by atoms with E-state index in [9.17, 15) is 17.6 Å². The molecule has 8 heteroatoms. The number of benzene rings is 2. The van der Waals surface area contributed by atoms with E-state index in [2.05, 4.69) is 22.3 Å². The van der Waals surface area contributed by atoms with Crippen LogP contribution in [0, 0.1) is 5.82 Å². The Morgan fingerprint density at radius 2 is 1.62 bits per heavy atom. The third-order valence-corrected chi connectivity index (χ3v) is 4.93. The van der Waals surface area contributed by atoms with Gasteiger partial charge in [0.1, 0.15) is 5.82 Å². The van der Waals surface area contributed by atoms with Crippen molar-refractivity contribution in [3.05, 3.63) is 59.9 Å². The third-order valence-electron chi connectivity index (χ3n) is 3.54. The molecule has 6 nitrogen and oxygen atoms in total. The first-order valence-electron chi connectivity index (χ1n) is 8.30. The Labute approximate surface area is 152 Å². The predicted molar refractivity (Wildman–Crippen MR) is 99.1 cm³/mol. The van der Waals surface area contributed by atoms with Crippen molar-refractivity contribution >= 4 is 21.6 Å². The van der Waals surface area contributed by atoms with Gasteiger partial charge in [-0.2, -0.15) is 0 Å². The Kier molecular flexibility index (Phi) is 7.11. The maximum atomic E-state index is 12.9. The molecule has 26 heavy (non-hydrogen) atoms. The zero-order valence-electron chi connectivity index (χ0n) is 14.5. The minimum Gasteiger partial charge on any atom is -0.351 e. The van der Waals surface area contributed by atoms with Crippen molar-refractivity contribution in [3.8, 4) is 0 Å². The van der Waals surface area contributed by atoms with Gasteiger partial charge in [-0.1, -0.05) is 6.92 Å². The first kappa shape index (κ1) is 19.9. The number of amides is 1. The quantitative estimate of drug-likeness (QED) is 0.584. The molecule has 0 spiro atoms. The van der Waals surface area contributed by atoms with Crippen LogP contribution < -0.4 is 15.4 Å². The second-order valence-corrected chi connectivity index (χ2v) is 7.33. The van der Waals surface area contributed by atoms with Crippen LogP contribution in [-0.4, -0.2) is 34.0 Å². The number of rotatable bonds is 9. The molecule has 0 aliphatic carbocycles. The summed E-state index contributed by atoms with van der Waals surface area (Å²) < 4.78 is 39.9. The second-order valence-electron chi connectivity index (χ2n) is 5.64. The van der Waals surface area contributed by atoms with Crippen molar-refractivity contribution in [2.45, 2.75) is 18.2 Å². The van der Waals surface area contributed by atoms with E-state index in [1.807, 2.05) is 0 Å². The summed E-state index contributed by atoms with van der Waals surface area (Å²) in [5.41, 5.74) is 0.633. The Hall–Kier alpha value is -2.45. The van der Waals surface area contributed by atoms with Crippen LogP contribution in [0.15, 0.2) is 53.4 Å². The number of hydrogen-bond acceptors (Lipinski definition) is 4. The number of sulfonamides is 1. The van der Waals surface area contributed by atoms with Gasteiger partial charge in [-0.3, -0.25) is 9.52 Å². The Morgan fingerprint density at radius 1 is 0.962 bits per heavy atom. The van der Waals surface area contributed by atoms with Gasteiger partial charge in [0.25, 0.3) is 15.9 Å². The molecular formula is C18H22FN3O3S. The highest BCUT2D eigenvalue weighted by Crippen LogP contribution is 2.17. The summed E-state index contributed by atoms with van der Waals surface area (Å²) in [7, 11) is -3.81. The molecule has 140 valence electrons. The molecule has 0 aliphatic heterocycles. The molecule has 0 aromatic heterocycles. The van der Waals surface area contributed by atoms with Gasteiger partial charge in [0.2, 0.25) is 0 Å². The van der Waals surface area contributed by atoms with E-state index >= 15 is 0 Å². The van der Waals surface area contributed by atoms with Crippen molar-refractivity contribution in [2.24, 2.45) is 0 Å². The van der Waals surface area contributed by atoms with Gasteiger partial charge in [-0.25, -0.2) is 12.8 Å². The fourth-order valence-corrected chi connectivity index (χ4v) is 3.24. The minimum atomic E-state index is -3.81. The highest BCUT2D eigenvalue weighted by Gasteiger charge is 2.15. The molecule has 0 radical (unpaired) electrons. The zero-order chi connectivity index (χ0) is 19.0. The molecule has 3 N–H and O–H groups in total. The topological polar surface area (TPSA) is 87.3 Å². The van der Waals surface area contributed by atoms with E-state index in [4.69, 9.17) is 0 Å². The molecule has 0 fully saturated rings. The third kappa shape index (κ3) is 5.82. The molecule has 0 bridgehead atoms. The van der Waals surface area contributed by atoms with Crippen LogP contribution in [0.4, 0.5) is 10.1 Å². The number of halogens is 1. The van der Waals surface area contributed by atoms with Crippen LogP contribution in [0.5, 0.6) is 0 Å². The van der Waals surface area contributed by atoms with Crippen molar-refractivity contribution < 1.29 is 17.6 Å². The van der Waals surface area contributed by atoms with E-state index in [0.717, 1.165) is 13.0 Å². The Bertz CT molecular complexity index is 822. The molecule has 0 unspecified atom stereocenters. The number of nitrogens with one attached hydrogen (secondary N) is 3. The van der Waals surface area contributed by atoms with Crippen LogP contribution in [-0.2, 0) is 10.0 Å². The van der Waals surface area contributed by atoms with E-state index in [1.54, 1.807) is 0 Å². The van der Waals surface area contributed by atoms with Crippen molar-refractivity contribution in [3.63, 3.8) is 0 Å². The lowest BCUT2D eigenvalue weighted by Gasteiger charge is -2.09. The van der Waals surface area contributed by atoms with Gasteiger partial charge in [0, 0.05) is 24.3 Å². The lowest BCUT2D eigenvalue weighted by Crippen LogP contribution is -2.32. The fourth-order valence-electron chi connectivity index (χ4n) is 2.19. The highest BCUT2D eigenvalue weighted by atomic mass is 32.2. The van der Waals surface area contributed by atoms with Crippen LogP contribution in [0.3, 0.4) is 0 Å². The van der Waals surface area contributed by atoms with Crippen LogP contribution in [0.25, 0.3) is 0 Å². The molecule has 0 saturated heterocycles. The normalized spacial score (nSPS) is 11.2. The van der Waals surface area contributed by atoms with E-state index in [-0.39, 0.29) is 16.5 Å². The molecule has 0 aliphatic rings. The highest BCUT2D eigenvalue weighted by molar-refractivity contribution is 7.92. The average molecular weight is 379 g/mol. The summed E-state index contributed by atoms with van der Waals surface area (Å²) in [6.07, 6.45) is 1.02. The van der Waals surface area contributed by atoms with E-state index in [1.165, 1.54) is 48.5 Å². The smallest absolute Gasteiger partial charge is 0.261 e. The Balaban J connectivity index is 1.96. The van der Waals surface area contributed by atoms with Crippen LogP contribution in [0.1, 0.15) is 23.7 Å². The first-order valence-corrected chi connectivity index (χ1v) is 9.78. The molecular weight excluding hydrogens is 357 g/mol. The Morgan fingerprint density at radius 3 is 2.23 bits per heavy atom. The van der Waals surface area contributed by atoms with Crippen LogP contribution >= 0.6 is 0 Å². The lowest BCUT2D eigenvalue weighted by molar-refractivity contribution is 0.0954. The number of anilines is 1. The number of carbonyl (C=O) groups excluding carboxylic acids is 1. The summed E-state index contributed by atoms with van der Waals surface area (Å²) >= 11 is 0. The zero-order valence-corrected chi connectivity index (χ0v) is 15.3. The van der Waals surface area contributed by atoms with Crippen molar-refractivity contribution in [2.75, 3.05) is 24.4 Å². The SMILES string of the molecule is CCCNCCNC(=O)c1ccc(S(=O)(=O)Nc2ccc(F)cc2)cc1. The van der Waals surface area contributed by atoms with Crippen molar-refractivity contribution in [1.82, 2.24) is 10.6 Å². The number of hydrogen-bond donors (Lipinski definition) is 3. The maximum Gasteiger partial charge on any atom is 0.261 e. The number of carbonyl (C=O) groups is 1. The summed E-state index contributed by atoms with van der Waals surface area (Å²) in [5, 5.41) is 5.93. The molecule has 0 saturated carbocycles.